The van der Waals surface area contributed by atoms with E-state index in [4.69, 9.17) is 34.7 Å². The first-order chi connectivity index (χ1) is 34.5. The van der Waals surface area contributed by atoms with Gasteiger partial charge in [-0.05, 0) is 101 Å². The molecule has 70 heavy (non-hydrogen) atoms. The molecule has 322 valence electrons. The number of hydrogen-bond donors (Lipinski definition) is 0. The second kappa shape index (κ2) is 16.8. The lowest BCUT2D eigenvalue weighted by molar-refractivity contribution is 1.06. The molecule has 0 fully saturated rings. The fourth-order valence-corrected chi connectivity index (χ4v) is 9.61. The molecule has 9 heteroatoms. The highest BCUT2D eigenvalue weighted by Gasteiger charge is 2.23. The minimum Gasteiger partial charge on any atom is -0.309 e. The average molecular weight is 892 g/mol. The highest BCUT2D eigenvalue weighted by Crippen LogP contribution is 2.42. The molecule has 0 saturated carbocycles. The van der Waals surface area contributed by atoms with E-state index in [9.17, 15) is 5.26 Å². The maximum absolute atomic E-state index is 10.4. The molecule has 9 aromatic carbocycles. The van der Waals surface area contributed by atoms with Crippen LogP contribution in [0.1, 0.15) is 5.56 Å². The Morgan fingerprint density at radius 3 is 1.34 bits per heavy atom. The normalized spacial score (nSPS) is 11.1. The monoisotopic (exact) mass is 891 g/mol. The van der Waals surface area contributed by atoms with Gasteiger partial charge >= 0.3 is 0 Å². The molecule has 3 heterocycles. The molecule has 0 bridgehead atoms. The molecule has 0 aliphatic rings. The van der Waals surface area contributed by atoms with E-state index in [2.05, 4.69) is 90.4 Å². The Kier molecular flexibility index (Phi) is 9.82. The van der Waals surface area contributed by atoms with Gasteiger partial charge in [-0.3, -0.25) is 0 Å². The Balaban J connectivity index is 1.10. The van der Waals surface area contributed by atoms with Crippen molar-refractivity contribution in [3.8, 4) is 73.9 Å². The molecular weight excluding hydrogens is 859 g/mol. The molecule has 0 saturated heterocycles. The summed E-state index contributed by atoms with van der Waals surface area (Å²) in [5.74, 6) is 1.13. The topological polar surface area (TPSA) is 85.4 Å². The van der Waals surface area contributed by atoms with E-state index in [1.807, 2.05) is 140 Å². The van der Waals surface area contributed by atoms with Gasteiger partial charge in [0.05, 0.1) is 64.8 Å². The third-order valence-electron chi connectivity index (χ3n) is 12.8. The third-order valence-corrected chi connectivity index (χ3v) is 12.8. The van der Waals surface area contributed by atoms with Crippen molar-refractivity contribution >= 4 is 60.7 Å². The number of benzene rings is 9. The first kappa shape index (κ1) is 41.0. The van der Waals surface area contributed by atoms with Crippen molar-refractivity contribution in [2.45, 2.75) is 0 Å². The Bertz CT molecular complexity index is 4050. The molecule has 0 aliphatic heterocycles. The van der Waals surface area contributed by atoms with Crippen LogP contribution < -0.4 is 0 Å². The lowest BCUT2D eigenvalue weighted by Crippen LogP contribution is -2.05. The summed E-state index contributed by atoms with van der Waals surface area (Å²) in [7, 11) is 0. The highest BCUT2D eigenvalue weighted by atomic mass is 15.1. The zero-order valence-corrected chi connectivity index (χ0v) is 37.1. The minimum atomic E-state index is 0.349. The van der Waals surface area contributed by atoms with Gasteiger partial charge in [0.15, 0.2) is 34.5 Å². The fraction of sp³-hybridized carbons (Fsp3) is 0. The number of nitrogens with zero attached hydrogens (tertiary/aromatic N) is 9. The summed E-state index contributed by atoms with van der Waals surface area (Å²) in [6, 6.07) is 67.8. The molecule has 0 radical (unpaired) electrons. The molecule has 0 spiro atoms. The number of nitriles is 1. The predicted octanol–water partition coefficient (Wildman–Crippen LogP) is 15.9. The summed E-state index contributed by atoms with van der Waals surface area (Å²) < 4.78 is 4.40. The minimum absolute atomic E-state index is 0.349. The van der Waals surface area contributed by atoms with Crippen molar-refractivity contribution in [3.63, 3.8) is 0 Å². The van der Waals surface area contributed by atoms with Crippen LogP contribution in [0.3, 0.4) is 0 Å². The van der Waals surface area contributed by atoms with Gasteiger partial charge in [0.1, 0.15) is 0 Å². The molecule has 9 nitrogen and oxygen atoms in total. The van der Waals surface area contributed by atoms with E-state index in [1.54, 1.807) is 0 Å². The van der Waals surface area contributed by atoms with Crippen LogP contribution >= 0.6 is 0 Å². The molecule has 12 aromatic rings. The molecule has 12 rings (SSSR count). The summed E-state index contributed by atoms with van der Waals surface area (Å²) in [5, 5.41) is 14.5. The number of fused-ring (bicyclic) bond motifs is 6. The van der Waals surface area contributed by atoms with E-state index in [1.165, 1.54) is 0 Å². The van der Waals surface area contributed by atoms with Crippen molar-refractivity contribution in [2.24, 2.45) is 0 Å². The van der Waals surface area contributed by atoms with Crippen molar-refractivity contribution in [1.29, 1.82) is 5.26 Å². The fourth-order valence-electron chi connectivity index (χ4n) is 9.61. The molecule has 0 atom stereocenters. The van der Waals surface area contributed by atoms with Crippen molar-refractivity contribution < 1.29 is 0 Å². The molecule has 3 aromatic heterocycles. The lowest BCUT2D eigenvalue weighted by atomic mass is 10.0. The zero-order valence-electron chi connectivity index (χ0n) is 37.1. The van der Waals surface area contributed by atoms with Gasteiger partial charge in [-0.15, -0.1) is 0 Å². The Hall–Kier alpha value is -10.5. The Morgan fingerprint density at radius 1 is 0.357 bits per heavy atom. The van der Waals surface area contributed by atoms with Crippen LogP contribution in [0.4, 0.5) is 17.1 Å². The van der Waals surface area contributed by atoms with Gasteiger partial charge in [0.2, 0.25) is 0 Å². The quantitative estimate of drug-likeness (QED) is 0.149. The van der Waals surface area contributed by atoms with Crippen LogP contribution in [0.2, 0.25) is 0 Å². The van der Waals surface area contributed by atoms with Crippen molar-refractivity contribution in [3.05, 3.63) is 240 Å². The Labute approximate surface area is 402 Å². The average Bonchev–Trinajstić information content (AvgIpc) is 3.94. The van der Waals surface area contributed by atoms with E-state index < -0.39 is 0 Å². The second-order valence-electron chi connectivity index (χ2n) is 16.8. The number of rotatable bonds is 7. The van der Waals surface area contributed by atoms with E-state index in [0.717, 1.165) is 82.8 Å². The second-order valence-corrected chi connectivity index (χ2v) is 16.8. The first-order valence-corrected chi connectivity index (χ1v) is 22.4. The van der Waals surface area contributed by atoms with Gasteiger partial charge in [-0.2, -0.15) is 5.26 Å². The largest absolute Gasteiger partial charge is 0.309 e. The van der Waals surface area contributed by atoms with Crippen LogP contribution in [0.25, 0.3) is 126 Å². The third kappa shape index (κ3) is 6.88. The zero-order chi connectivity index (χ0) is 47.3. The SMILES string of the molecule is [C-]#[N+]c1cccc(-c2ccc3c(c2)c2ccccc2n3-c2ccc(C#N)cc2-c2nc(-c3ccccc3)nc(-c3cc([N+]#[C-])ccc3-n3c4ccccc4c4cc(-c5cccc([N+]#[C-])c5)ccc43)n2)c1. The molecule has 0 N–H and O–H groups in total. The maximum Gasteiger partial charge on any atom is 0.188 e. The van der Waals surface area contributed by atoms with Crippen LogP contribution in [0.5, 0.6) is 0 Å². The van der Waals surface area contributed by atoms with Crippen molar-refractivity contribution in [1.82, 2.24) is 24.1 Å². The molecule has 0 aliphatic carbocycles. The van der Waals surface area contributed by atoms with E-state index >= 15 is 0 Å². The summed E-state index contributed by atoms with van der Waals surface area (Å²) in [4.78, 5) is 27.0. The van der Waals surface area contributed by atoms with Crippen molar-refractivity contribution in [2.75, 3.05) is 0 Å². The van der Waals surface area contributed by atoms with Gasteiger partial charge in [0, 0.05) is 38.2 Å². The van der Waals surface area contributed by atoms with Gasteiger partial charge in [-0.1, -0.05) is 121 Å². The van der Waals surface area contributed by atoms with Crippen LogP contribution in [-0.4, -0.2) is 24.1 Å². The van der Waals surface area contributed by atoms with Crippen LogP contribution in [0.15, 0.2) is 200 Å². The predicted molar refractivity (Wildman–Crippen MR) is 279 cm³/mol. The van der Waals surface area contributed by atoms with E-state index in [0.29, 0.717) is 51.2 Å². The smallest absolute Gasteiger partial charge is 0.188 e. The molecular formula is C61H33N9. The summed E-state index contributed by atoms with van der Waals surface area (Å²) in [6.45, 7) is 23.4. The summed E-state index contributed by atoms with van der Waals surface area (Å²) in [6.07, 6.45) is 0. The first-order valence-electron chi connectivity index (χ1n) is 22.4. The van der Waals surface area contributed by atoms with Gasteiger partial charge < -0.3 is 9.13 Å². The van der Waals surface area contributed by atoms with Crippen LogP contribution in [-0.2, 0) is 0 Å². The van der Waals surface area contributed by atoms with Gasteiger partial charge in [0.25, 0.3) is 0 Å². The van der Waals surface area contributed by atoms with Crippen LogP contribution in [0, 0.1) is 31.0 Å². The van der Waals surface area contributed by atoms with E-state index in [-0.39, 0.29) is 0 Å². The lowest BCUT2D eigenvalue weighted by Gasteiger charge is -2.17. The standard InChI is InChI=1S/C61H33N9/c1-63-44-17-11-15-40(32-44)42-24-28-55-49(34-42)47-19-7-9-21-53(47)69(55)57-27-23-38(37-62)31-51(57)60-66-59(39-13-5-4-6-14-39)67-61(68-60)52-36-46(65-3)26-30-58(52)70-54-22-10-8-20-48(54)50-35-43(25-29-56(50)70)41-16-12-18-45(33-41)64-2/h4-36H. The molecule has 0 amide bonds. The molecule has 0 unspecified atom stereocenters. The maximum atomic E-state index is 10.4. The summed E-state index contributed by atoms with van der Waals surface area (Å²) in [5.41, 5.74) is 13.2. The number of hydrogen-bond acceptors (Lipinski definition) is 4. The highest BCUT2D eigenvalue weighted by molar-refractivity contribution is 6.12. The number of para-hydroxylation sites is 2. The number of aromatic nitrogens is 5. The van der Waals surface area contributed by atoms with Gasteiger partial charge in [-0.25, -0.2) is 29.5 Å². The summed E-state index contributed by atoms with van der Waals surface area (Å²) >= 11 is 0. The Morgan fingerprint density at radius 2 is 0.800 bits per heavy atom.